The zero-order valence-electron chi connectivity index (χ0n) is 27.7. The van der Waals surface area contributed by atoms with Crippen molar-refractivity contribution >= 4 is 24.0 Å². The number of imidazole rings is 2. The number of benzene rings is 2. The lowest BCUT2D eigenvalue weighted by Crippen LogP contribution is -2.53. The number of nitrogens with zero attached hydrogens (tertiary/aromatic N) is 4. The molecule has 0 radical (unpaired) electrons. The van der Waals surface area contributed by atoms with Crippen LogP contribution in [0.3, 0.4) is 0 Å². The van der Waals surface area contributed by atoms with Crippen LogP contribution in [-0.4, -0.2) is 93.4 Å². The molecule has 0 unspecified atom stereocenters. The van der Waals surface area contributed by atoms with Crippen molar-refractivity contribution in [2.45, 2.75) is 50.1 Å². The van der Waals surface area contributed by atoms with Gasteiger partial charge in [0.25, 0.3) is 11.8 Å². The number of aromatic amines is 2. The van der Waals surface area contributed by atoms with Gasteiger partial charge in [-0.3, -0.25) is 20.2 Å². The van der Waals surface area contributed by atoms with Gasteiger partial charge in [0, 0.05) is 13.1 Å². The molecule has 4 amide bonds. The summed E-state index contributed by atoms with van der Waals surface area (Å²) in [6.45, 7) is 1.02. The van der Waals surface area contributed by atoms with E-state index in [9.17, 15) is 19.2 Å². The number of likely N-dealkylation sites (tertiary alicyclic amines) is 2. The SMILES string of the molecule is COC(=O)N[C@@H](N)C(=O)N1CCC[C@@H]1c1ncc(-c2ccc(-c3ccc(-c4cnc([C@@H]5CCCN5C(=O)[C@@H](N)NC(=O)OC)[nH]4)cc3)cc2)[nH]1. The fourth-order valence-corrected chi connectivity index (χ4v) is 6.47. The normalized spacial score (nSPS) is 18.4. The van der Waals surface area contributed by atoms with E-state index in [4.69, 9.17) is 11.5 Å². The minimum atomic E-state index is -1.21. The first-order valence-electron chi connectivity index (χ1n) is 16.3. The second-order valence-corrected chi connectivity index (χ2v) is 12.1. The van der Waals surface area contributed by atoms with Crippen molar-refractivity contribution in [3.05, 3.63) is 72.6 Å². The third-order valence-electron chi connectivity index (χ3n) is 9.07. The van der Waals surface area contributed by atoms with Gasteiger partial charge >= 0.3 is 12.2 Å². The number of amides is 4. The van der Waals surface area contributed by atoms with Crippen LogP contribution in [0.5, 0.6) is 0 Å². The molecule has 4 heterocycles. The van der Waals surface area contributed by atoms with Crippen LogP contribution in [0.25, 0.3) is 33.6 Å². The minimum absolute atomic E-state index is 0.279. The number of ether oxygens (including phenoxy) is 2. The molecule has 0 bridgehead atoms. The molecule has 16 nitrogen and oxygen atoms in total. The molecule has 16 heteroatoms. The lowest BCUT2D eigenvalue weighted by Gasteiger charge is -2.26. The molecular formula is C34H40N10O6. The first kappa shape index (κ1) is 34.1. The Kier molecular flexibility index (Phi) is 10.1. The Labute approximate surface area is 287 Å². The molecule has 2 saturated heterocycles. The Balaban J connectivity index is 1.09. The van der Waals surface area contributed by atoms with E-state index < -0.39 is 36.3 Å². The third kappa shape index (κ3) is 7.16. The van der Waals surface area contributed by atoms with Crippen LogP contribution >= 0.6 is 0 Å². The number of hydrogen-bond donors (Lipinski definition) is 6. The molecule has 2 aromatic heterocycles. The van der Waals surface area contributed by atoms with Gasteiger partial charge in [0.05, 0.1) is 50.1 Å². The van der Waals surface area contributed by atoms with E-state index in [1.54, 1.807) is 22.2 Å². The Morgan fingerprint density at radius 2 is 1.04 bits per heavy atom. The summed E-state index contributed by atoms with van der Waals surface area (Å²) in [5.41, 5.74) is 17.4. The van der Waals surface area contributed by atoms with Gasteiger partial charge in [-0.15, -0.1) is 0 Å². The molecule has 2 fully saturated rings. The molecule has 0 saturated carbocycles. The first-order valence-corrected chi connectivity index (χ1v) is 16.3. The van der Waals surface area contributed by atoms with Crippen molar-refractivity contribution in [2.24, 2.45) is 11.5 Å². The Morgan fingerprint density at radius 1 is 0.680 bits per heavy atom. The van der Waals surface area contributed by atoms with E-state index >= 15 is 0 Å². The molecule has 0 aliphatic carbocycles. The molecule has 0 spiro atoms. The Hall–Kier alpha value is -5.74. The summed E-state index contributed by atoms with van der Waals surface area (Å²) in [6, 6.07) is 15.6. The number of hydrogen-bond acceptors (Lipinski definition) is 10. The Morgan fingerprint density at radius 3 is 1.40 bits per heavy atom. The third-order valence-corrected chi connectivity index (χ3v) is 9.07. The predicted octanol–water partition coefficient (Wildman–Crippen LogP) is 2.74. The highest BCUT2D eigenvalue weighted by Gasteiger charge is 2.36. The predicted molar refractivity (Wildman–Crippen MR) is 181 cm³/mol. The number of alkyl carbamates (subject to hydrolysis) is 2. The molecule has 2 aromatic carbocycles. The summed E-state index contributed by atoms with van der Waals surface area (Å²) < 4.78 is 9.10. The van der Waals surface area contributed by atoms with Crippen LogP contribution in [0.15, 0.2) is 60.9 Å². The van der Waals surface area contributed by atoms with E-state index in [0.717, 1.165) is 59.3 Å². The highest BCUT2D eigenvalue weighted by Crippen LogP contribution is 2.34. The number of aromatic nitrogens is 4. The fourth-order valence-electron chi connectivity index (χ4n) is 6.47. The summed E-state index contributed by atoms with van der Waals surface area (Å²) in [5.74, 6) is 0.514. The highest BCUT2D eigenvalue weighted by molar-refractivity contribution is 5.86. The quantitative estimate of drug-likeness (QED) is 0.141. The first-order chi connectivity index (χ1) is 24.2. The number of carbonyl (C=O) groups excluding carboxylic acids is 4. The largest absolute Gasteiger partial charge is 0.453 e. The summed E-state index contributed by atoms with van der Waals surface area (Å²) in [6.07, 6.45) is 2.58. The minimum Gasteiger partial charge on any atom is -0.453 e. The van der Waals surface area contributed by atoms with Gasteiger partial charge in [-0.05, 0) is 47.9 Å². The van der Waals surface area contributed by atoms with E-state index in [-0.39, 0.29) is 12.1 Å². The van der Waals surface area contributed by atoms with Crippen molar-refractivity contribution in [1.29, 1.82) is 0 Å². The van der Waals surface area contributed by atoms with Gasteiger partial charge < -0.3 is 40.7 Å². The second kappa shape index (κ2) is 14.8. The zero-order chi connectivity index (χ0) is 35.4. The number of nitrogens with two attached hydrogens (primary N) is 2. The van der Waals surface area contributed by atoms with E-state index in [2.05, 4.69) is 40.0 Å². The summed E-state index contributed by atoms with van der Waals surface area (Å²) in [5, 5.41) is 4.65. The molecule has 4 atom stereocenters. The van der Waals surface area contributed by atoms with Gasteiger partial charge in [0.15, 0.2) is 12.3 Å². The summed E-state index contributed by atoms with van der Waals surface area (Å²) in [7, 11) is 2.42. The smallest absolute Gasteiger partial charge is 0.408 e. The molecule has 262 valence electrons. The number of H-pyrrole nitrogens is 2. The lowest BCUT2D eigenvalue weighted by atomic mass is 10.0. The van der Waals surface area contributed by atoms with Gasteiger partial charge in [-0.25, -0.2) is 19.6 Å². The van der Waals surface area contributed by atoms with Gasteiger partial charge in [0.2, 0.25) is 0 Å². The number of nitrogens with one attached hydrogen (secondary N) is 4. The fraction of sp³-hybridized carbons (Fsp3) is 0.353. The van der Waals surface area contributed by atoms with Gasteiger partial charge in [-0.2, -0.15) is 0 Å². The number of methoxy groups -OCH3 is 2. The zero-order valence-corrected chi connectivity index (χ0v) is 27.7. The highest BCUT2D eigenvalue weighted by atomic mass is 16.5. The second-order valence-electron chi connectivity index (χ2n) is 12.1. The number of rotatable bonds is 9. The van der Waals surface area contributed by atoms with Crippen LogP contribution < -0.4 is 22.1 Å². The maximum atomic E-state index is 12.9. The van der Waals surface area contributed by atoms with E-state index in [1.165, 1.54) is 14.2 Å². The van der Waals surface area contributed by atoms with E-state index in [0.29, 0.717) is 24.7 Å². The molecule has 2 aliphatic heterocycles. The van der Waals surface area contributed by atoms with Crippen molar-refractivity contribution in [1.82, 2.24) is 40.4 Å². The Bertz CT molecular complexity index is 1710. The van der Waals surface area contributed by atoms with Crippen LogP contribution in [0.4, 0.5) is 9.59 Å². The maximum Gasteiger partial charge on any atom is 0.408 e. The molecule has 6 rings (SSSR count). The topological polar surface area (TPSA) is 227 Å². The van der Waals surface area contributed by atoms with Crippen LogP contribution in [-0.2, 0) is 19.1 Å². The average molecular weight is 685 g/mol. The lowest BCUT2D eigenvalue weighted by molar-refractivity contribution is -0.135. The molecule has 8 N–H and O–H groups in total. The van der Waals surface area contributed by atoms with Crippen LogP contribution in [0, 0.1) is 0 Å². The van der Waals surface area contributed by atoms with Crippen molar-refractivity contribution in [2.75, 3.05) is 27.3 Å². The van der Waals surface area contributed by atoms with Crippen LogP contribution in [0.2, 0.25) is 0 Å². The van der Waals surface area contributed by atoms with E-state index in [1.807, 2.05) is 48.5 Å². The summed E-state index contributed by atoms with van der Waals surface area (Å²) >= 11 is 0. The molecule has 2 aliphatic rings. The van der Waals surface area contributed by atoms with Gasteiger partial charge in [-0.1, -0.05) is 48.5 Å². The molecule has 4 aromatic rings. The van der Waals surface area contributed by atoms with Crippen molar-refractivity contribution < 1.29 is 28.7 Å². The van der Waals surface area contributed by atoms with Gasteiger partial charge in [0.1, 0.15) is 11.6 Å². The molecule has 50 heavy (non-hydrogen) atoms. The van der Waals surface area contributed by atoms with Crippen LogP contribution in [0.1, 0.15) is 49.4 Å². The summed E-state index contributed by atoms with van der Waals surface area (Å²) in [4.78, 5) is 68.0. The standard InChI is InChI=1S/C34H40N10O6/c1-49-33(47)41-27(35)31(45)43-15-3-5-25(43)29-37-17-23(39-29)21-11-7-19(8-12-21)20-9-13-22(14-10-20)24-18-38-30(40-24)26-6-4-16-44(26)32(46)28(36)42-34(48)50-2/h7-14,17-18,25-28H,3-6,15-16,35-36H2,1-2H3,(H,37,39)(H,38,40)(H,41,47)(H,42,48)/t25-,26+,27-,28+. The van der Waals surface area contributed by atoms with Crippen molar-refractivity contribution in [3.63, 3.8) is 0 Å². The average Bonchev–Trinajstić information content (AvgIpc) is 3.97. The molecular weight excluding hydrogens is 644 g/mol. The monoisotopic (exact) mass is 684 g/mol. The maximum absolute atomic E-state index is 12.9. The number of carbonyl (C=O) groups is 4. The van der Waals surface area contributed by atoms with Crippen molar-refractivity contribution in [3.8, 4) is 33.6 Å².